The van der Waals surface area contributed by atoms with Crippen molar-refractivity contribution in [3.05, 3.63) is 22.9 Å². The van der Waals surface area contributed by atoms with Gasteiger partial charge < -0.3 is 4.90 Å². The lowest BCUT2D eigenvalue weighted by Crippen LogP contribution is -2.33. The molecule has 0 unspecified atom stereocenters. The zero-order valence-electron chi connectivity index (χ0n) is 12.1. The third-order valence-corrected chi connectivity index (χ3v) is 3.56. The van der Waals surface area contributed by atoms with E-state index < -0.39 is 0 Å². The molecule has 0 atom stereocenters. The highest BCUT2D eigenvalue weighted by atomic mass is 16.2. The van der Waals surface area contributed by atoms with Gasteiger partial charge in [-0.05, 0) is 51.7 Å². The van der Waals surface area contributed by atoms with Gasteiger partial charge in [0, 0.05) is 12.2 Å². The molecule has 0 saturated heterocycles. The predicted octanol–water partition coefficient (Wildman–Crippen LogP) is 3.90. The molecular formula is C15H25NO. The van der Waals surface area contributed by atoms with E-state index in [-0.39, 0.29) is 11.3 Å². The Morgan fingerprint density at radius 3 is 2.47 bits per heavy atom. The van der Waals surface area contributed by atoms with Crippen molar-refractivity contribution < 1.29 is 4.79 Å². The third-order valence-electron chi connectivity index (χ3n) is 3.56. The standard InChI is InChI=1S/C13H19NO.C2H6/c1-5-14-10-8-6-7-9(2)11(10)13(3,4)12(14)15;1-2/h7H,5-6,8H2,1-4H3;1-2H3. The molecule has 96 valence electrons. The summed E-state index contributed by atoms with van der Waals surface area (Å²) in [5.74, 6) is 0.268. The smallest absolute Gasteiger partial charge is 0.236 e. The highest BCUT2D eigenvalue weighted by molar-refractivity contribution is 5.92. The summed E-state index contributed by atoms with van der Waals surface area (Å²) < 4.78 is 0. The number of allylic oxidation sites excluding steroid dienone is 3. The minimum Gasteiger partial charge on any atom is -0.315 e. The number of hydrogen-bond acceptors (Lipinski definition) is 1. The molecule has 0 saturated carbocycles. The molecule has 0 aromatic rings. The molecule has 0 bridgehead atoms. The Bertz CT molecular complexity index is 374. The van der Waals surface area contributed by atoms with Gasteiger partial charge in [-0.1, -0.05) is 19.9 Å². The molecule has 2 rings (SSSR count). The van der Waals surface area contributed by atoms with E-state index in [0.717, 1.165) is 19.4 Å². The fourth-order valence-corrected chi connectivity index (χ4v) is 2.90. The van der Waals surface area contributed by atoms with Crippen LogP contribution < -0.4 is 0 Å². The molecular weight excluding hydrogens is 210 g/mol. The Balaban J connectivity index is 0.000000686. The zero-order valence-corrected chi connectivity index (χ0v) is 12.1. The van der Waals surface area contributed by atoms with Crippen molar-refractivity contribution in [1.82, 2.24) is 4.90 Å². The summed E-state index contributed by atoms with van der Waals surface area (Å²) in [7, 11) is 0. The molecule has 1 aliphatic heterocycles. The largest absolute Gasteiger partial charge is 0.315 e. The van der Waals surface area contributed by atoms with Crippen molar-refractivity contribution in [2.24, 2.45) is 5.41 Å². The van der Waals surface area contributed by atoms with Gasteiger partial charge in [-0.15, -0.1) is 0 Å². The van der Waals surface area contributed by atoms with Gasteiger partial charge >= 0.3 is 0 Å². The van der Waals surface area contributed by atoms with E-state index in [4.69, 9.17) is 0 Å². The van der Waals surface area contributed by atoms with E-state index in [9.17, 15) is 4.79 Å². The molecule has 0 radical (unpaired) electrons. The molecule has 0 fully saturated rings. The van der Waals surface area contributed by atoms with Crippen LogP contribution in [0.15, 0.2) is 22.9 Å². The fraction of sp³-hybridized carbons (Fsp3) is 0.667. The second-order valence-corrected chi connectivity index (χ2v) is 4.92. The SMILES string of the molecule is CC.CCN1C(=O)C(C)(C)C2=C1CCC=C2C. The lowest BCUT2D eigenvalue weighted by molar-refractivity contribution is -0.133. The van der Waals surface area contributed by atoms with E-state index in [1.807, 2.05) is 32.6 Å². The number of hydrogen-bond donors (Lipinski definition) is 0. The number of carbonyl (C=O) groups excluding carboxylic acids is 1. The summed E-state index contributed by atoms with van der Waals surface area (Å²) in [6, 6.07) is 0. The molecule has 2 heteroatoms. The van der Waals surface area contributed by atoms with Crippen molar-refractivity contribution in [2.45, 2.75) is 54.4 Å². The van der Waals surface area contributed by atoms with Gasteiger partial charge in [-0.2, -0.15) is 0 Å². The monoisotopic (exact) mass is 235 g/mol. The number of amides is 1. The lowest BCUT2D eigenvalue weighted by atomic mass is 9.79. The first kappa shape index (κ1) is 14.0. The Morgan fingerprint density at radius 1 is 1.35 bits per heavy atom. The van der Waals surface area contributed by atoms with Gasteiger partial charge in [0.15, 0.2) is 0 Å². The van der Waals surface area contributed by atoms with Gasteiger partial charge in [0.25, 0.3) is 0 Å². The molecule has 1 heterocycles. The Labute approximate surface area is 105 Å². The van der Waals surface area contributed by atoms with Crippen LogP contribution in [0.1, 0.15) is 54.4 Å². The van der Waals surface area contributed by atoms with Crippen molar-refractivity contribution in [3.63, 3.8) is 0 Å². The van der Waals surface area contributed by atoms with E-state index in [1.165, 1.54) is 16.8 Å². The summed E-state index contributed by atoms with van der Waals surface area (Å²) in [5.41, 5.74) is 3.53. The van der Waals surface area contributed by atoms with Crippen LogP contribution >= 0.6 is 0 Å². The molecule has 0 aromatic heterocycles. The first-order valence-electron chi connectivity index (χ1n) is 6.73. The molecule has 2 aliphatic rings. The molecule has 17 heavy (non-hydrogen) atoms. The summed E-state index contributed by atoms with van der Waals surface area (Å²) in [4.78, 5) is 14.2. The van der Waals surface area contributed by atoms with E-state index in [2.05, 4.69) is 19.9 Å². The van der Waals surface area contributed by atoms with Gasteiger partial charge in [0.1, 0.15) is 0 Å². The normalized spacial score (nSPS) is 21.9. The molecule has 2 nitrogen and oxygen atoms in total. The van der Waals surface area contributed by atoms with Crippen molar-refractivity contribution in [1.29, 1.82) is 0 Å². The molecule has 0 spiro atoms. The van der Waals surface area contributed by atoms with Crippen LogP contribution in [0.5, 0.6) is 0 Å². The molecule has 0 N–H and O–H groups in total. The fourth-order valence-electron chi connectivity index (χ4n) is 2.90. The topological polar surface area (TPSA) is 20.3 Å². The van der Waals surface area contributed by atoms with E-state index >= 15 is 0 Å². The Hall–Kier alpha value is -1.05. The predicted molar refractivity (Wildman–Crippen MR) is 72.5 cm³/mol. The second kappa shape index (κ2) is 5.07. The van der Waals surface area contributed by atoms with Gasteiger partial charge in [0.2, 0.25) is 5.91 Å². The average molecular weight is 235 g/mol. The maximum atomic E-state index is 12.2. The minimum atomic E-state index is -0.313. The summed E-state index contributed by atoms with van der Waals surface area (Å²) in [6.45, 7) is 13.1. The van der Waals surface area contributed by atoms with Crippen LogP contribution in [0, 0.1) is 5.41 Å². The maximum Gasteiger partial charge on any atom is 0.236 e. The summed E-state index contributed by atoms with van der Waals surface area (Å²) >= 11 is 0. The quantitative estimate of drug-likeness (QED) is 0.675. The first-order valence-corrected chi connectivity index (χ1v) is 6.73. The van der Waals surface area contributed by atoms with Crippen molar-refractivity contribution in [3.8, 4) is 0 Å². The number of carbonyl (C=O) groups is 1. The highest BCUT2D eigenvalue weighted by Crippen LogP contribution is 2.46. The highest BCUT2D eigenvalue weighted by Gasteiger charge is 2.45. The Kier molecular flexibility index (Phi) is 4.18. The molecule has 1 aliphatic carbocycles. The third kappa shape index (κ3) is 2.05. The molecule has 0 aromatic carbocycles. The van der Waals surface area contributed by atoms with Crippen LogP contribution in [0.2, 0.25) is 0 Å². The van der Waals surface area contributed by atoms with Crippen LogP contribution in [0.3, 0.4) is 0 Å². The van der Waals surface area contributed by atoms with E-state index in [1.54, 1.807) is 0 Å². The van der Waals surface area contributed by atoms with Gasteiger partial charge in [-0.25, -0.2) is 0 Å². The number of nitrogens with zero attached hydrogens (tertiary/aromatic N) is 1. The van der Waals surface area contributed by atoms with Crippen LogP contribution in [0.4, 0.5) is 0 Å². The second-order valence-electron chi connectivity index (χ2n) is 4.92. The van der Waals surface area contributed by atoms with Gasteiger partial charge in [-0.3, -0.25) is 4.79 Å². The van der Waals surface area contributed by atoms with Crippen LogP contribution in [0.25, 0.3) is 0 Å². The zero-order chi connectivity index (χ0) is 13.2. The number of rotatable bonds is 1. The lowest BCUT2D eigenvalue weighted by Gasteiger charge is -2.22. The summed E-state index contributed by atoms with van der Waals surface area (Å²) in [5, 5.41) is 0. The van der Waals surface area contributed by atoms with Crippen LogP contribution in [-0.2, 0) is 4.79 Å². The maximum absolute atomic E-state index is 12.2. The van der Waals surface area contributed by atoms with Crippen LogP contribution in [-0.4, -0.2) is 17.4 Å². The first-order chi connectivity index (χ1) is 8.00. The summed E-state index contributed by atoms with van der Waals surface area (Å²) in [6.07, 6.45) is 4.35. The minimum absolute atomic E-state index is 0.268. The average Bonchev–Trinajstić information content (AvgIpc) is 2.51. The van der Waals surface area contributed by atoms with E-state index in [0.29, 0.717) is 0 Å². The Morgan fingerprint density at radius 2 is 1.94 bits per heavy atom. The van der Waals surface area contributed by atoms with Crippen molar-refractivity contribution >= 4 is 5.91 Å². The van der Waals surface area contributed by atoms with Gasteiger partial charge in [0.05, 0.1) is 5.41 Å². The molecule has 1 amide bonds. The van der Waals surface area contributed by atoms with Crippen molar-refractivity contribution in [2.75, 3.05) is 6.54 Å².